The van der Waals surface area contributed by atoms with Gasteiger partial charge in [0, 0.05) is 4.70 Å². The first-order valence-corrected chi connectivity index (χ1v) is 8.73. The topological polar surface area (TPSA) is 9.23 Å². The largest absolute Gasteiger partial charge is 0.496 e. The maximum absolute atomic E-state index is 5.28. The average Bonchev–Trinajstić information content (AvgIpc) is 2.90. The number of benzene rings is 2. The third-order valence-electron chi connectivity index (χ3n) is 3.25. The van der Waals surface area contributed by atoms with Gasteiger partial charge in [0.2, 0.25) is 0 Å². The molecule has 0 spiro atoms. The number of methoxy groups -OCH3 is 1. The van der Waals surface area contributed by atoms with Crippen LogP contribution < -0.4 is 4.74 Å². The molecule has 0 N–H and O–H groups in total. The average molecular weight is 412 g/mol. The summed E-state index contributed by atoms with van der Waals surface area (Å²) in [5.41, 5.74) is 2.52. The van der Waals surface area contributed by atoms with E-state index in [9.17, 15) is 0 Å². The summed E-state index contributed by atoms with van der Waals surface area (Å²) < 4.78 is 7.57. The van der Waals surface area contributed by atoms with Gasteiger partial charge in [-0.05, 0) is 56.0 Å². The second-order valence-corrected chi connectivity index (χ2v) is 7.12. The molecule has 1 aromatic heterocycles. The Balaban J connectivity index is 2.04. The molecule has 20 heavy (non-hydrogen) atoms. The maximum Gasteiger partial charge on any atom is 0.133 e. The molecule has 102 valence electrons. The second-order valence-electron chi connectivity index (χ2n) is 4.44. The van der Waals surface area contributed by atoms with Crippen molar-refractivity contribution in [1.29, 1.82) is 0 Å². The molecule has 0 saturated heterocycles. The molecule has 4 heteroatoms. The molecule has 0 amide bonds. The normalized spacial score (nSPS) is 12.6. The highest BCUT2D eigenvalue weighted by Gasteiger charge is 2.16. The number of fused-ring (bicyclic) bond motifs is 1. The molecule has 0 saturated carbocycles. The predicted molar refractivity (Wildman–Crippen MR) is 93.3 cm³/mol. The highest BCUT2D eigenvalue weighted by molar-refractivity contribution is 9.10. The Morgan fingerprint density at radius 3 is 2.70 bits per heavy atom. The summed E-state index contributed by atoms with van der Waals surface area (Å²) in [4.78, 5) is 0.181. The number of alkyl halides is 1. The molecule has 1 unspecified atom stereocenters. The fourth-order valence-corrected chi connectivity index (χ4v) is 4.60. The molecule has 0 aliphatic carbocycles. The minimum atomic E-state index is 0.181. The van der Waals surface area contributed by atoms with Crippen LogP contribution in [0.5, 0.6) is 5.75 Å². The smallest absolute Gasteiger partial charge is 0.133 e. The van der Waals surface area contributed by atoms with E-state index in [-0.39, 0.29) is 4.83 Å². The van der Waals surface area contributed by atoms with Crippen molar-refractivity contribution in [2.24, 2.45) is 0 Å². The maximum atomic E-state index is 5.28. The molecule has 0 aliphatic heterocycles. The quantitative estimate of drug-likeness (QED) is 0.469. The van der Waals surface area contributed by atoms with Crippen LogP contribution in [0.3, 0.4) is 0 Å². The predicted octanol–water partition coefficient (Wildman–Crippen LogP) is 6.16. The summed E-state index contributed by atoms with van der Waals surface area (Å²) in [6.07, 6.45) is 0. The number of thiophene rings is 1. The van der Waals surface area contributed by atoms with Gasteiger partial charge in [0.1, 0.15) is 5.75 Å². The van der Waals surface area contributed by atoms with Crippen LogP contribution in [0.25, 0.3) is 10.1 Å². The lowest BCUT2D eigenvalue weighted by Crippen LogP contribution is -1.93. The molecule has 0 fully saturated rings. The lowest BCUT2D eigenvalue weighted by Gasteiger charge is -2.12. The Morgan fingerprint density at radius 1 is 1.15 bits per heavy atom. The molecule has 1 atom stereocenters. The van der Waals surface area contributed by atoms with E-state index in [0.717, 1.165) is 10.2 Å². The van der Waals surface area contributed by atoms with E-state index in [2.05, 4.69) is 73.6 Å². The fourth-order valence-electron chi connectivity index (χ4n) is 2.21. The van der Waals surface area contributed by atoms with Crippen molar-refractivity contribution in [3.63, 3.8) is 0 Å². The zero-order valence-electron chi connectivity index (χ0n) is 10.8. The van der Waals surface area contributed by atoms with Crippen LogP contribution in [0, 0.1) is 0 Å². The molecular formula is C16H12Br2OS. The molecule has 0 radical (unpaired) electrons. The number of rotatable bonds is 3. The molecule has 1 heterocycles. The summed E-state index contributed by atoms with van der Waals surface area (Å²) in [6, 6.07) is 14.7. The van der Waals surface area contributed by atoms with Crippen LogP contribution in [-0.2, 0) is 0 Å². The van der Waals surface area contributed by atoms with Gasteiger partial charge in [-0.25, -0.2) is 0 Å². The highest BCUT2D eigenvalue weighted by Crippen LogP contribution is 2.40. The Kier molecular flexibility index (Phi) is 4.15. The number of hydrogen-bond acceptors (Lipinski definition) is 2. The van der Waals surface area contributed by atoms with Crippen molar-refractivity contribution >= 4 is 53.3 Å². The first kappa shape index (κ1) is 14.1. The van der Waals surface area contributed by atoms with Gasteiger partial charge < -0.3 is 4.74 Å². The summed E-state index contributed by atoms with van der Waals surface area (Å²) in [6.45, 7) is 0. The van der Waals surface area contributed by atoms with Gasteiger partial charge in [-0.15, -0.1) is 11.3 Å². The summed E-state index contributed by atoms with van der Waals surface area (Å²) >= 11 is 9.15. The number of halogens is 2. The lowest BCUT2D eigenvalue weighted by atomic mass is 10.0. The van der Waals surface area contributed by atoms with Gasteiger partial charge in [-0.1, -0.05) is 40.2 Å². The van der Waals surface area contributed by atoms with E-state index < -0.39 is 0 Å². The SMILES string of the molecule is COc1ccc(C(Br)c2csc3ccccc23)cc1Br. The van der Waals surface area contributed by atoms with Crippen LogP contribution in [0.15, 0.2) is 52.3 Å². The fraction of sp³-hybridized carbons (Fsp3) is 0.125. The van der Waals surface area contributed by atoms with Crippen molar-refractivity contribution in [2.75, 3.05) is 7.11 Å². The number of ether oxygens (including phenoxy) is 1. The third kappa shape index (κ3) is 2.52. The van der Waals surface area contributed by atoms with E-state index in [0.29, 0.717) is 0 Å². The monoisotopic (exact) mass is 410 g/mol. The molecule has 1 nitrogen and oxygen atoms in total. The number of hydrogen-bond donors (Lipinski definition) is 0. The van der Waals surface area contributed by atoms with Crippen molar-refractivity contribution in [3.05, 3.63) is 63.4 Å². The summed E-state index contributed by atoms with van der Waals surface area (Å²) in [5, 5.41) is 3.54. The minimum absolute atomic E-state index is 0.181. The van der Waals surface area contributed by atoms with Crippen LogP contribution in [-0.4, -0.2) is 7.11 Å². The van der Waals surface area contributed by atoms with Gasteiger partial charge >= 0.3 is 0 Å². The first-order valence-electron chi connectivity index (χ1n) is 6.14. The van der Waals surface area contributed by atoms with Gasteiger partial charge in [0.15, 0.2) is 0 Å². The lowest BCUT2D eigenvalue weighted by molar-refractivity contribution is 0.412. The van der Waals surface area contributed by atoms with E-state index in [1.165, 1.54) is 21.2 Å². The van der Waals surface area contributed by atoms with Crippen LogP contribution in [0.4, 0.5) is 0 Å². The van der Waals surface area contributed by atoms with E-state index >= 15 is 0 Å². The molecule has 0 bridgehead atoms. The van der Waals surface area contributed by atoms with Crippen LogP contribution in [0.1, 0.15) is 16.0 Å². The zero-order valence-corrected chi connectivity index (χ0v) is 14.8. The highest BCUT2D eigenvalue weighted by atomic mass is 79.9. The molecule has 0 aliphatic rings. The van der Waals surface area contributed by atoms with Crippen molar-refractivity contribution in [2.45, 2.75) is 4.83 Å². The Hall–Kier alpha value is -0.840. The Bertz CT molecular complexity index is 751. The molecule has 3 aromatic rings. The van der Waals surface area contributed by atoms with Gasteiger partial charge in [0.05, 0.1) is 16.4 Å². The zero-order chi connectivity index (χ0) is 14.1. The first-order chi connectivity index (χ1) is 9.70. The molecule has 2 aromatic carbocycles. The van der Waals surface area contributed by atoms with Crippen molar-refractivity contribution in [1.82, 2.24) is 0 Å². The van der Waals surface area contributed by atoms with Crippen molar-refractivity contribution < 1.29 is 4.74 Å². The second kappa shape index (κ2) is 5.88. The van der Waals surface area contributed by atoms with Gasteiger partial charge in [0.25, 0.3) is 0 Å². The van der Waals surface area contributed by atoms with Gasteiger partial charge in [-0.2, -0.15) is 0 Å². The minimum Gasteiger partial charge on any atom is -0.496 e. The van der Waals surface area contributed by atoms with E-state index in [1.807, 2.05) is 6.07 Å². The third-order valence-corrected chi connectivity index (χ3v) is 5.88. The molecular weight excluding hydrogens is 400 g/mol. The van der Waals surface area contributed by atoms with Crippen molar-refractivity contribution in [3.8, 4) is 5.75 Å². The van der Waals surface area contributed by atoms with Gasteiger partial charge in [-0.3, -0.25) is 0 Å². The summed E-state index contributed by atoms with van der Waals surface area (Å²) in [5.74, 6) is 0.851. The van der Waals surface area contributed by atoms with Crippen LogP contribution in [0.2, 0.25) is 0 Å². The van der Waals surface area contributed by atoms with E-state index in [1.54, 1.807) is 18.4 Å². The molecule has 3 rings (SSSR count). The Labute approximate surface area is 138 Å². The standard InChI is InChI=1S/C16H12Br2OS/c1-19-14-7-6-10(8-13(14)17)16(18)12-9-20-15-5-3-2-4-11(12)15/h2-9,16H,1H3. The summed E-state index contributed by atoms with van der Waals surface area (Å²) in [7, 11) is 1.68. The Morgan fingerprint density at radius 2 is 1.95 bits per heavy atom. The van der Waals surface area contributed by atoms with Crippen LogP contribution >= 0.6 is 43.2 Å². The van der Waals surface area contributed by atoms with E-state index in [4.69, 9.17) is 4.74 Å².